The molecule has 0 bridgehead atoms. The average molecular weight is 230 g/mol. The highest BCUT2D eigenvalue weighted by Gasteiger charge is 2.12. The first-order chi connectivity index (χ1) is 8.43. The first-order valence-electron chi connectivity index (χ1n) is 5.76. The zero-order valence-corrected chi connectivity index (χ0v) is 9.50. The minimum atomic E-state index is 0.790. The molecule has 0 saturated carbocycles. The van der Waals surface area contributed by atoms with Crippen LogP contribution in [0.5, 0.6) is 0 Å². The van der Waals surface area contributed by atoms with Crippen molar-refractivity contribution >= 4 is 5.69 Å². The molecular weight excluding hydrogens is 216 g/mol. The molecule has 4 heteroatoms. The van der Waals surface area contributed by atoms with E-state index in [0.29, 0.717) is 0 Å². The number of morpholine rings is 1. The van der Waals surface area contributed by atoms with E-state index in [0.717, 1.165) is 37.8 Å². The minimum Gasteiger partial charge on any atom is -0.463 e. The molecule has 0 aromatic carbocycles. The molecule has 0 N–H and O–H groups in total. The number of anilines is 1. The van der Waals surface area contributed by atoms with Gasteiger partial charge in [0.2, 0.25) is 0 Å². The molecule has 1 fully saturated rings. The van der Waals surface area contributed by atoms with Gasteiger partial charge in [0.05, 0.1) is 19.5 Å². The molecule has 0 spiro atoms. The minimum absolute atomic E-state index is 0.790. The number of aromatic nitrogens is 1. The molecule has 0 amide bonds. The topological polar surface area (TPSA) is 38.5 Å². The molecule has 1 aliphatic rings. The lowest BCUT2D eigenvalue weighted by Gasteiger charge is -2.28. The maximum absolute atomic E-state index is 5.36. The Morgan fingerprint density at radius 1 is 1.18 bits per heavy atom. The Hall–Kier alpha value is -1.81. The first kappa shape index (κ1) is 10.4. The van der Waals surface area contributed by atoms with Gasteiger partial charge >= 0.3 is 0 Å². The van der Waals surface area contributed by atoms with Gasteiger partial charge in [0.1, 0.15) is 5.69 Å². The summed E-state index contributed by atoms with van der Waals surface area (Å²) in [6, 6.07) is 7.88. The maximum Gasteiger partial charge on any atom is 0.152 e. The summed E-state index contributed by atoms with van der Waals surface area (Å²) in [6.07, 6.45) is 3.49. The Bertz CT molecular complexity index is 476. The van der Waals surface area contributed by atoms with Gasteiger partial charge in [-0.25, -0.2) is 0 Å². The van der Waals surface area contributed by atoms with Crippen molar-refractivity contribution in [3.63, 3.8) is 0 Å². The summed E-state index contributed by atoms with van der Waals surface area (Å²) in [4.78, 5) is 6.63. The van der Waals surface area contributed by atoms with Crippen molar-refractivity contribution in [1.82, 2.24) is 4.98 Å². The number of hydrogen-bond acceptors (Lipinski definition) is 4. The van der Waals surface area contributed by atoms with Crippen LogP contribution in [0.3, 0.4) is 0 Å². The third kappa shape index (κ3) is 2.17. The van der Waals surface area contributed by atoms with Crippen molar-refractivity contribution in [2.45, 2.75) is 0 Å². The summed E-state index contributed by atoms with van der Waals surface area (Å²) in [6.45, 7) is 3.44. The number of rotatable bonds is 2. The van der Waals surface area contributed by atoms with Gasteiger partial charge in [0, 0.05) is 25.0 Å². The third-order valence-electron chi connectivity index (χ3n) is 2.89. The van der Waals surface area contributed by atoms with E-state index < -0.39 is 0 Å². The quantitative estimate of drug-likeness (QED) is 0.792. The summed E-state index contributed by atoms with van der Waals surface area (Å²) in [5, 5.41) is 0. The van der Waals surface area contributed by atoms with Crippen LogP contribution in [0.1, 0.15) is 0 Å². The fourth-order valence-electron chi connectivity index (χ4n) is 2.00. The van der Waals surface area contributed by atoms with Gasteiger partial charge in [-0.3, -0.25) is 4.98 Å². The summed E-state index contributed by atoms with van der Waals surface area (Å²) in [7, 11) is 0. The lowest BCUT2D eigenvalue weighted by atomic mass is 10.2. The normalized spacial score (nSPS) is 16.1. The zero-order chi connectivity index (χ0) is 11.5. The zero-order valence-electron chi connectivity index (χ0n) is 9.50. The Kier molecular flexibility index (Phi) is 2.80. The van der Waals surface area contributed by atoms with Gasteiger partial charge in [-0.15, -0.1) is 0 Å². The fraction of sp³-hybridized carbons (Fsp3) is 0.308. The van der Waals surface area contributed by atoms with Gasteiger partial charge in [-0.05, 0) is 24.3 Å². The molecule has 4 nitrogen and oxygen atoms in total. The second-order valence-corrected chi connectivity index (χ2v) is 3.98. The van der Waals surface area contributed by atoms with E-state index in [4.69, 9.17) is 9.15 Å². The molecule has 0 radical (unpaired) electrons. The molecule has 1 aliphatic heterocycles. The summed E-state index contributed by atoms with van der Waals surface area (Å²) in [5.74, 6) is 0.806. The lowest BCUT2D eigenvalue weighted by molar-refractivity contribution is 0.122. The van der Waals surface area contributed by atoms with E-state index in [1.54, 1.807) is 6.26 Å². The molecule has 0 atom stereocenters. The lowest BCUT2D eigenvalue weighted by Crippen LogP contribution is -2.36. The van der Waals surface area contributed by atoms with Crippen LogP contribution < -0.4 is 4.90 Å². The Balaban J connectivity index is 1.88. The number of ether oxygens (including phenoxy) is 1. The Morgan fingerprint density at radius 3 is 2.82 bits per heavy atom. The van der Waals surface area contributed by atoms with Crippen LogP contribution in [0.15, 0.2) is 41.1 Å². The molecule has 88 valence electrons. The van der Waals surface area contributed by atoms with Gasteiger partial charge in [0.15, 0.2) is 5.76 Å². The van der Waals surface area contributed by atoms with Crippen LogP contribution in [0, 0.1) is 0 Å². The molecule has 2 aromatic rings. The van der Waals surface area contributed by atoms with Gasteiger partial charge in [-0.1, -0.05) is 0 Å². The summed E-state index contributed by atoms with van der Waals surface area (Å²) in [5.41, 5.74) is 2.05. The van der Waals surface area contributed by atoms with Crippen LogP contribution in [0.25, 0.3) is 11.5 Å². The summed E-state index contributed by atoms with van der Waals surface area (Å²) >= 11 is 0. The molecule has 3 heterocycles. The molecular formula is C13H14N2O2. The van der Waals surface area contributed by atoms with Crippen molar-refractivity contribution in [3.8, 4) is 11.5 Å². The second-order valence-electron chi connectivity index (χ2n) is 3.98. The van der Waals surface area contributed by atoms with Gasteiger partial charge < -0.3 is 14.1 Å². The fourth-order valence-corrected chi connectivity index (χ4v) is 2.00. The van der Waals surface area contributed by atoms with Crippen LogP contribution in [0.4, 0.5) is 5.69 Å². The number of nitrogens with zero attached hydrogens (tertiary/aromatic N) is 2. The highest BCUT2D eigenvalue weighted by Crippen LogP contribution is 2.23. The van der Waals surface area contributed by atoms with Crippen LogP contribution in [0.2, 0.25) is 0 Å². The van der Waals surface area contributed by atoms with Crippen molar-refractivity contribution in [2.75, 3.05) is 31.2 Å². The standard InChI is InChI=1S/C13H14N2O2/c1-2-13(17-7-1)12-10-11(3-4-14-12)15-5-8-16-9-6-15/h1-4,7,10H,5-6,8-9H2. The average Bonchev–Trinajstić information content (AvgIpc) is 2.94. The highest BCUT2D eigenvalue weighted by molar-refractivity contribution is 5.60. The molecule has 1 saturated heterocycles. The van der Waals surface area contributed by atoms with Crippen molar-refractivity contribution in [3.05, 3.63) is 36.7 Å². The van der Waals surface area contributed by atoms with E-state index in [1.807, 2.05) is 24.4 Å². The molecule has 0 unspecified atom stereocenters. The van der Waals surface area contributed by atoms with Crippen LogP contribution >= 0.6 is 0 Å². The second kappa shape index (κ2) is 4.59. The number of furan rings is 1. The largest absolute Gasteiger partial charge is 0.463 e. The van der Waals surface area contributed by atoms with Gasteiger partial charge in [0.25, 0.3) is 0 Å². The Morgan fingerprint density at radius 2 is 2.06 bits per heavy atom. The van der Waals surface area contributed by atoms with E-state index >= 15 is 0 Å². The Labute approximate surface area is 99.8 Å². The van der Waals surface area contributed by atoms with E-state index in [1.165, 1.54) is 5.69 Å². The predicted octanol–water partition coefficient (Wildman–Crippen LogP) is 2.18. The van der Waals surface area contributed by atoms with Crippen molar-refractivity contribution in [2.24, 2.45) is 0 Å². The van der Waals surface area contributed by atoms with E-state index in [9.17, 15) is 0 Å². The van der Waals surface area contributed by atoms with Crippen LogP contribution in [-0.4, -0.2) is 31.3 Å². The molecule has 0 aliphatic carbocycles. The molecule has 3 rings (SSSR count). The molecule has 17 heavy (non-hydrogen) atoms. The first-order valence-corrected chi connectivity index (χ1v) is 5.76. The SMILES string of the molecule is c1coc(-c2cc(N3CCOCC3)ccn2)c1. The predicted molar refractivity (Wildman–Crippen MR) is 65.0 cm³/mol. The smallest absolute Gasteiger partial charge is 0.152 e. The van der Waals surface area contributed by atoms with Crippen molar-refractivity contribution in [1.29, 1.82) is 0 Å². The number of pyridine rings is 1. The van der Waals surface area contributed by atoms with E-state index in [-0.39, 0.29) is 0 Å². The summed E-state index contributed by atoms with van der Waals surface area (Å²) < 4.78 is 10.7. The van der Waals surface area contributed by atoms with E-state index in [2.05, 4.69) is 16.0 Å². The highest BCUT2D eigenvalue weighted by atomic mass is 16.5. The molecule has 2 aromatic heterocycles. The number of hydrogen-bond donors (Lipinski definition) is 0. The maximum atomic E-state index is 5.36. The van der Waals surface area contributed by atoms with Crippen LogP contribution in [-0.2, 0) is 4.74 Å². The van der Waals surface area contributed by atoms with Gasteiger partial charge in [-0.2, -0.15) is 0 Å². The monoisotopic (exact) mass is 230 g/mol. The van der Waals surface area contributed by atoms with Crippen molar-refractivity contribution < 1.29 is 9.15 Å². The third-order valence-corrected chi connectivity index (χ3v) is 2.89.